The van der Waals surface area contributed by atoms with Crippen molar-refractivity contribution in [2.24, 2.45) is 0 Å². The molecule has 0 fully saturated rings. The minimum Gasteiger partial charge on any atom is -0.376 e. The van der Waals surface area contributed by atoms with Crippen molar-refractivity contribution in [3.8, 4) is 0 Å². The lowest BCUT2D eigenvalue weighted by Crippen LogP contribution is -2.07. The fourth-order valence-electron chi connectivity index (χ4n) is 1.64. The van der Waals surface area contributed by atoms with E-state index in [1.54, 1.807) is 11.3 Å². The van der Waals surface area contributed by atoms with Gasteiger partial charge in [-0.3, -0.25) is 0 Å². The van der Waals surface area contributed by atoms with Gasteiger partial charge in [0.05, 0.1) is 27.5 Å². The second kappa shape index (κ2) is 5.47. The van der Waals surface area contributed by atoms with Crippen molar-refractivity contribution in [3.63, 3.8) is 0 Å². The van der Waals surface area contributed by atoms with Crippen LogP contribution in [0.2, 0.25) is 10.0 Å². The molecule has 0 aliphatic carbocycles. The van der Waals surface area contributed by atoms with Crippen LogP contribution >= 0.6 is 34.5 Å². The third-order valence-corrected chi connectivity index (χ3v) is 4.21. The van der Waals surface area contributed by atoms with E-state index in [-0.39, 0.29) is 6.04 Å². The highest BCUT2D eigenvalue weighted by Gasteiger charge is 2.11. The number of nitrogens with one attached hydrogen (secondary N) is 1. The van der Waals surface area contributed by atoms with Crippen LogP contribution in [-0.2, 0) is 0 Å². The maximum absolute atomic E-state index is 6.20. The normalized spacial score (nSPS) is 12.5. The quantitative estimate of drug-likeness (QED) is 0.838. The van der Waals surface area contributed by atoms with Gasteiger partial charge in [-0.05, 0) is 38.5 Å². The van der Waals surface area contributed by atoms with Gasteiger partial charge in [-0.15, -0.1) is 11.3 Å². The Kier molecular flexibility index (Phi) is 4.15. The summed E-state index contributed by atoms with van der Waals surface area (Å²) >= 11 is 13.9. The number of halogens is 2. The molecule has 1 heterocycles. The molecular formula is C13H14Cl2N2S. The first kappa shape index (κ1) is 13.7. The summed E-state index contributed by atoms with van der Waals surface area (Å²) in [5, 5.41) is 7.84. The van der Waals surface area contributed by atoms with E-state index in [0.29, 0.717) is 10.0 Å². The van der Waals surface area contributed by atoms with Crippen LogP contribution in [0.4, 0.5) is 5.69 Å². The van der Waals surface area contributed by atoms with Gasteiger partial charge in [0, 0.05) is 10.4 Å². The summed E-state index contributed by atoms with van der Waals surface area (Å²) in [7, 11) is 0. The Bertz CT molecular complexity index is 566. The van der Waals surface area contributed by atoms with E-state index in [4.69, 9.17) is 23.2 Å². The van der Waals surface area contributed by atoms with Crippen molar-refractivity contribution < 1.29 is 0 Å². The van der Waals surface area contributed by atoms with Crippen molar-refractivity contribution >= 4 is 40.2 Å². The van der Waals surface area contributed by atoms with Crippen LogP contribution in [0, 0.1) is 13.8 Å². The van der Waals surface area contributed by atoms with Crippen LogP contribution in [0.3, 0.4) is 0 Å². The lowest BCUT2D eigenvalue weighted by molar-refractivity contribution is 0.845. The Morgan fingerprint density at radius 2 is 1.94 bits per heavy atom. The molecule has 0 amide bonds. The number of thiazole rings is 1. The predicted octanol–water partition coefficient (Wildman–Crippen LogP) is 5.24. The topological polar surface area (TPSA) is 24.9 Å². The average molecular weight is 301 g/mol. The second-order valence-electron chi connectivity index (χ2n) is 4.24. The van der Waals surface area contributed by atoms with Gasteiger partial charge in [-0.1, -0.05) is 23.2 Å². The smallest absolute Gasteiger partial charge is 0.0898 e. The molecule has 1 aromatic carbocycles. The molecule has 5 heteroatoms. The number of hydrogen-bond acceptors (Lipinski definition) is 3. The Morgan fingerprint density at radius 1 is 1.22 bits per heavy atom. The standard InChI is InChI=1S/C13H14Cl2N2S/c1-7-4-11(15)12(5-10(7)14)16-8(2)13-6-18-9(3)17-13/h4-6,8,16H,1-3H3. The molecule has 1 atom stereocenters. The Balaban J connectivity index is 2.21. The summed E-state index contributed by atoms with van der Waals surface area (Å²) in [6.45, 7) is 5.99. The van der Waals surface area contributed by atoms with Crippen molar-refractivity contribution in [2.45, 2.75) is 26.8 Å². The summed E-state index contributed by atoms with van der Waals surface area (Å²) in [6.07, 6.45) is 0. The maximum Gasteiger partial charge on any atom is 0.0898 e. The monoisotopic (exact) mass is 300 g/mol. The summed E-state index contributed by atoms with van der Waals surface area (Å²) in [4.78, 5) is 4.46. The average Bonchev–Trinajstić information content (AvgIpc) is 2.73. The van der Waals surface area contributed by atoms with E-state index in [1.807, 2.05) is 26.0 Å². The molecule has 0 aliphatic rings. The van der Waals surface area contributed by atoms with Crippen LogP contribution in [-0.4, -0.2) is 4.98 Å². The molecule has 2 aromatic rings. The Labute approximate surface area is 121 Å². The molecule has 2 rings (SSSR count). The molecular weight excluding hydrogens is 287 g/mol. The Hall–Kier alpha value is -0.770. The van der Waals surface area contributed by atoms with E-state index in [1.165, 1.54) is 0 Å². The highest BCUT2D eigenvalue weighted by atomic mass is 35.5. The van der Waals surface area contributed by atoms with Gasteiger partial charge in [0.2, 0.25) is 0 Å². The first-order valence-corrected chi connectivity index (χ1v) is 7.25. The van der Waals surface area contributed by atoms with Gasteiger partial charge in [0.25, 0.3) is 0 Å². The fourth-order valence-corrected chi connectivity index (χ4v) is 2.79. The van der Waals surface area contributed by atoms with Gasteiger partial charge in [-0.2, -0.15) is 0 Å². The minimum atomic E-state index is 0.103. The zero-order chi connectivity index (χ0) is 13.3. The number of nitrogens with zero attached hydrogens (tertiary/aromatic N) is 1. The van der Waals surface area contributed by atoms with Crippen LogP contribution < -0.4 is 5.32 Å². The van der Waals surface area contributed by atoms with E-state index < -0.39 is 0 Å². The summed E-state index contributed by atoms with van der Waals surface area (Å²) in [5.41, 5.74) is 2.83. The molecule has 0 aliphatic heterocycles. The number of anilines is 1. The molecule has 0 saturated heterocycles. The van der Waals surface area contributed by atoms with Crippen molar-refractivity contribution in [1.82, 2.24) is 4.98 Å². The van der Waals surface area contributed by atoms with Gasteiger partial charge in [-0.25, -0.2) is 4.98 Å². The number of benzene rings is 1. The lowest BCUT2D eigenvalue weighted by atomic mass is 10.2. The van der Waals surface area contributed by atoms with Crippen LogP contribution in [0.1, 0.15) is 29.2 Å². The zero-order valence-electron chi connectivity index (χ0n) is 10.4. The number of aryl methyl sites for hydroxylation is 2. The van der Waals surface area contributed by atoms with Crippen LogP contribution in [0.25, 0.3) is 0 Å². The molecule has 1 N–H and O–H groups in total. The SMILES string of the molecule is Cc1nc(C(C)Nc2cc(Cl)c(C)cc2Cl)cs1. The van der Waals surface area contributed by atoms with Crippen molar-refractivity contribution in [3.05, 3.63) is 43.8 Å². The number of aromatic nitrogens is 1. The predicted molar refractivity (Wildman–Crippen MR) is 80.1 cm³/mol. The minimum absolute atomic E-state index is 0.103. The molecule has 96 valence electrons. The highest BCUT2D eigenvalue weighted by molar-refractivity contribution is 7.09. The van der Waals surface area contributed by atoms with Crippen LogP contribution in [0.5, 0.6) is 0 Å². The van der Waals surface area contributed by atoms with Gasteiger partial charge < -0.3 is 5.32 Å². The molecule has 0 bridgehead atoms. The first-order valence-electron chi connectivity index (χ1n) is 5.61. The summed E-state index contributed by atoms with van der Waals surface area (Å²) < 4.78 is 0. The van der Waals surface area contributed by atoms with E-state index in [0.717, 1.165) is 22.0 Å². The molecule has 0 radical (unpaired) electrons. The van der Waals surface area contributed by atoms with Gasteiger partial charge >= 0.3 is 0 Å². The zero-order valence-corrected chi connectivity index (χ0v) is 12.7. The van der Waals surface area contributed by atoms with Gasteiger partial charge in [0.15, 0.2) is 0 Å². The van der Waals surface area contributed by atoms with E-state index >= 15 is 0 Å². The first-order chi connectivity index (χ1) is 8.47. The van der Waals surface area contributed by atoms with Crippen LogP contribution in [0.15, 0.2) is 17.5 Å². The second-order valence-corrected chi connectivity index (χ2v) is 6.12. The Morgan fingerprint density at radius 3 is 2.56 bits per heavy atom. The summed E-state index contributed by atoms with van der Waals surface area (Å²) in [6, 6.07) is 3.83. The fraction of sp³-hybridized carbons (Fsp3) is 0.308. The lowest BCUT2D eigenvalue weighted by Gasteiger charge is -2.15. The summed E-state index contributed by atoms with van der Waals surface area (Å²) in [5.74, 6) is 0. The highest BCUT2D eigenvalue weighted by Crippen LogP contribution is 2.31. The van der Waals surface area contributed by atoms with E-state index in [9.17, 15) is 0 Å². The van der Waals surface area contributed by atoms with E-state index in [2.05, 4.69) is 22.6 Å². The van der Waals surface area contributed by atoms with Gasteiger partial charge in [0.1, 0.15) is 0 Å². The van der Waals surface area contributed by atoms with Crippen molar-refractivity contribution in [1.29, 1.82) is 0 Å². The third-order valence-electron chi connectivity index (χ3n) is 2.70. The molecule has 18 heavy (non-hydrogen) atoms. The third kappa shape index (κ3) is 2.97. The number of rotatable bonds is 3. The maximum atomic E-state index is 6.20. The largest absolute Gasteiger partial charge is 0.376 e. The molecule has 1 aromatic heterocycles. The molecule has 0 saturated carbocycles. The molecule has 0 spiro atoms. The molecule has 2 nitrogen and oxygen atoms in total. The molecule has 1 unspecified atom stereocenters. The van der Waals surface area contributed by atoms with Crippen molar-refractivity contribution in [2.75, 3.05) is 5.32 Å². The number of hydrogen-bond donors (Lipinski definition) is 1.